The van der Waals surface area contributed by atoms with Gasteiger partial charge in [-0.2, -0.15) is 0 Å². The van der Waals surface area contributed by atoms with E-state index >= 15 is 0 Å². The molecule has 4 aromatic rings. The van der Waals surface area contributed by atoms with Gasteiger partial charge in [0.25, 0.3) is 0 Å². The molecule has 0 unspecified atom stereocenters. The van der Waals surface area contributed by atoms with Gasteiger partial charge in [-0.3, -0.25) is 9.88 Å². The summed E-state index contributed by atoms with van der Waals surface area (Å²) in [5.74, 6) is 2.50. The fraction of sp³-hybridized carbons (Fsp3) is 0.120. The molecule has 1 aromatic heterocycles. The number of hydrogen-bond acceptors (Lipinski definition) is 5. The molecule has 0 spiro atoms. The molecule has 0 saturated heterocycles. The molecule has 0 radical (unpaired) electrons. The first-order chi connectivity index (χ1) is 15.7. The quantitative estimate of drug-likeness (QED) is 0.449. The van der Waals surface area contributed by atoms with E-state index in [-0.39, 0.29) is 6.03 Å². The number of rotatable bonds is 5. The Hall–Kier alpha value is -4.26. The second-order valence-corrected chi connectivity index (χ2v) is 7.30. The third-order valence-electron chi connectivity index (χ3n) is 5.42. The number of fused-ring (bicyclic) bond motifs is 2. The number of carbonyl (C=O) groups excluding carboxylic acids is 1. The highest BCUT2D eigenvalue weighted by molar-refractivity contribution is 6.04. The second kappa shape index (κ2) is 8.11. The van der Waals surface area contributed by atoms with Gasteiger partial charge >= 0.3 is 6.03 Å². The summed E-state index contributed by atoms with van der Waals surface area (Å²) in [5.41, 5.74) is 3.45. The van der Waals surface area contributed by atoms with Crippen molar-refractivity contribution in [2.45, 2.75) is 6.54 Å². The van der Waals surface area contributed by atoms with Crippen LogP contribution in [0.25, 0.3) is 10.9 Å². The number of carbonyl (C=O) groups is 1. The van der Waals surface area contributed by atoms with Crippen LogP contribution >= 0.6 is 0 Å². The summed E-state index contributed by atoms with van der Waals surface area (Å²) >= 11 is 0. The topological polar surface area (TPSA) is 72.9 Å². The van der Waals surface area contributed by atoms with Crippen LogP contribution in [0, 0.1) is 0 Å². The molecule has 0 fully saturated rings. The maximum absolute atomic E-state index is 12.5. The van der Waals surface area contributed by atoms with Crippen molar-refractivity contribution in [1.29, 1.82) is 0 Å². The Kier molecular flexibility index (Phi) is 4.99. The summed E-state index contributed by atoms with van der Waals surface area (Å²) < 4.78 is 16.9. The number of pyridine rings is 1. The summed E-state index contributed by atoms with van der Waals surface area (Å²) in [5, 5.41) is 3.74. The number of benzene rings is 3. The predicted molar refractivity (Wildman–Crippen MR) is 123 cm³/mol. The molecule has 0 saturated carbocycles. The number of hydrogen-bond donors (Lipinski definition) is 1. The average molecular weight is 427 g/mol. The molecule has 160 valence electrons. The van der Waals surface area contributed by atoms with E-state index in [2.05, 4.69) is 10.3 Å². The number of aromatic nitrogens is 1. The molecule has 7 nitrogen and oxygen atoms in total. The Bertz CT molecular complexity index is 1300. The van der Waals surface area contributed by atoms with Crippen LogP contribution < -0.4 is 24.4 Å². The number of nitrogens with one attached hydrogen (secondary N) is 1. The molecule has 1 aliphatic heterocycles. The van der Waals surface area contributed by atoms with Gasteiger partial charge in [-0.15, -0.1) is 0 Å². The van der Waals surface area contributed by atoms with Gasteiger partial charge in [0.2, 0.25) is 0 Å². The summed E-state index contributed by atoms with van der Waals surface area (Å²) in [6.07, 6.45) is 1.69. The summed E-state index contributed by atoms with van der Waals surface area (Å²) in [4.78, 5) is 18.6. The van der Waals surface area contributed by atoms with Crippen LogP contribution in [0.4, 0.5) is 16.2 Å². The Labute approximate surface area is 185 Å². The Morgan fingerprint density at radius 3 is 2.44 bits per heavy atom. The zero-order chi connectivity index (χ0) is 22.1. The largest absolute Gasteiger partial charge is 0.493 e. The van der Waals surface area contributed by atoms with Gasteiger partial charge < -0.3 is 19.5 Å². The zero-order valence-corrected chi connectivity index (χ0v) is 17.7. The molecule has 1 aliphatic rings. The molecule has 32 heavy (non-hydrogen) atoms. The maximum atomic E-state index is 12.5. The fourth-order valence-electron chi connectivity index (χ4n) is 3.77. The number of nitrogens with zero attached hydrogens (tertiary/aromatic N) is 2. The van der Waals surface area contributed by atoms with E-state index in [0.29, 0.717) is 29.5 Å². The Morgan fingerprint density at radius 2 is 1.66 bits per heavy atom. The van der Waals surface area contributed by atoms with Gasteiger partial charge in [0, 0.05) is 29.0 Å². The fourth-order valence-corrected chi connectivity index (χ4v) is 3.77. The monoisotopic (exact) mass is 427 g/mol. The van der Waals surface area contributed by atoms with Gasteiger partial charge in [-0.1, -0.05) is 18.2 Å². The van der Waals surface area contributed by atoms with Crippen LogP contribution in [0.5, 0.6) is 23.0 Å². The lowest BCUT2D eigenvalue weighted by molar-refractivity contribution is 0.256. The zero-order valence-electron chi connectivity index (χ0n) is 17.7. The first-order valence-electron chi connectivity index (χ1n) is 10.1. The van der Waals surface area contributed by atoms with Crippen LogP contribution in [0.2, 0.25) is 0 Å². The maximum Gasteiger partial charge on any atom is 0.326 e. The minimum Gasteiger partial charge on any atom is -0.493 e. The first-order valence-corrected chi connectivity index (χ1v) is 10.1. The van der Waals surface area contributed by atoms with Crippen molar-refractivity contribution in [1.82, 2.24) is 4.98 Å². The van der Waals surface area contributed by atoms with E-state index in [4.69, 9.17) is 14.2 Å². The molecule has 2 heterocycles. The molecule has 0 bridgehead atoms. The van der Waals surface area contributed by atoms with Crippen LogP contribution in [0.15, 0.2) is 72.9 Å². The van der Waals surface area contributed by atoms with E-state index in [9.17, 15) is 4.79 Å². The van der Waals surface area contributed by atoms with Crippen LogP contribution in [-0.4, -0.2) is 25.2 Å². The standard InChI is InChI=1S/C25H21N3O4/c1-30-23-13-19-21(14-24(23)31-2)26-12-11-22(19)32-18-9-7-17(8-10-18)28-15-16-5-3-4-6-20(16)27-25(28)29/h3-14H,15H2,1-2H3,(H,27,29). The normalized spacial score (nSPS) is 12.8. The van der Waals surface area contributed by atoms with Crippen molar-refractivity contribution in [2.24, 2.45) is 0 Å². The van der Waals surface area contributed by atoms with E-state index < -0.39 is 0 Å². The number of para-hydroxylation sites is 1. The van der Waals surface area contributed by atoms with Gasteiger partial charge in [-0.25, -0.2) is 4.79 Å². The van der Waals surface area contributed by atoms with Gasteiger partial charge in [0.1, 0.15) is 11.5 Å². The van der Waals surface area contributed by atoms with E-state index in [1.54, 1.807) is 31.4 Å². The van der Waals surface area contributed by atoms with Crippen molar-refractivity contribution in [2.75, 3.05) is 24.4 Å². The van der Waals surface area contributed by atoms with Crippen molar-refractivity contribution in [3.63, 3.8) is 0 Å². The molecule has 3 aromatic carbocycles. The molecule has 2 amide bonds. The molecular formula is C25H21N3O4. The van der Waals surface area contributed by atoms with E-state index in [1.165, 1.54) is 0 Å². The van der Waals surface area contributed by atoms with Crippen LogP contribution in [0.1, 0.15) is 5.56 Å². The minimum atomic E-state index is -0.154. The van der Waals surface area contributed by atoms with Crippen molar-refractivity contribution in [3.05, 3.63) is 78.5 Å². The lowest BCUT2D eigenvalue weighted by Gasteiger charge is -2.29. The predicted octanol–water partition coefficient (Wildman–Crippen LogP) is 5.60. The highest BCUT2D eigenvalue weighted by Crippen LogP contribution is 2.37. The van der Waals surface area contributed by atoms with Crippen LogP contribution in [0.3, 0.4) is 0 Å². The van der Waals surface area contributed by atoms with Gasteiger partial charge in [0.15, 0.2) is 11.5 Å². The minimum absolute atomic E-state index is 0.154. The smallest absolute Gasteiger partial charge is 0.326 e. The molecule has 0 atom stereocenters. The first kappa shape index (κ1) is 19.7. The molecule has 1 N–H and O–H groups in total. The number of anilines is 2. The highest BCUT2D eigenvalue weighted by Gasteiger charge is 2.23. The second-order valence-electron chi connectivity index (χ2n) is 7.30. The van der Waals surface area contributed by atoms with Crippen LogP contribution in [-0.2, 0) is 6.54 Å². The van der Waals surface area contributed by atoms with Crippen molar-refractivity contribution < 1.29 is 19.0 Å². The Balaban J connectivity index is 1.41. The lowest BCUT2D eigenvalue weighted by Crippen LogP contribution is -2.38. The molecule has 7 heteroatoms. The molecular weight excluding hydrogens is 406 g/mol. The summed E-state index contributed by atoms with van der Waals surface area (Å²) in [7, 11) is 3.18. The van der Waals surface area contributed by atoms with Crippen molar-refractivity contribution >= 4 is 28.3 Å². The third-order valence-corrected chi connectivity index (χ3v) is 5.42. The number of ether oxygens (including phenoxy) is 3. The Morgan fingerprint density at radius 1 is 0.906 bits per heavy atom. The summed E-state index contributed by atoms with van der Waals surface area (Å²) in [6.45, 7) is 0.513. The molecule has 0 aliphatic carbocycles. The third kappa shape index (κ3) is 3.54. The molecule has 5 rings (SSSR count). The number of methoxy groups -OCH3 is 2. The SMILES string of the molecule is COc1cc2nccc(Oc3ccc(N4Cc5ccccc5NC4=O)cc3)c2cc1OC. The lowest BCUT2D eigenvalue weighted by atomic mass is 10.1. The van der Waals surface area contributed by atoms with Crippen molar-refractivity contribution in [3.8, 4) is 23.0 Å². The highest BCUT2D eigenvalue weighted by atomic mass is 16.5. The van der Waals surface area contributed by atoms with E-state index in [0.717, 1.165) is 27.8 Å². The summed E-state index contributed by atoms with van der Waals surface area (Å²) in [6, 6.07) is 20.5. The number of amides is 2. The van der Waals surface area contributed by atoms with Gasteiger partial charge in [-0.05, 0) is 48.0 Å². The number of urea groups is 1. The van der Waals surface area contributed by atoms with E-state index in [1.807, 2.05) is 60.7 Å². The average Bonchev–Trinajstić information content (AvgIpc) is 2.83. The van der Waals surface area contributed by atoms with Gasteiger partial charge in [0.05, 0.1) is 26.3 Å².